The maximum atomic E-state index is 13.7. The van der Waals surface area contributed by atoms with Crippen LogP contribution in [0.5, 0.6) is 23.0 Å². The van der Waals surface area contributed by atoms with Crippen molar-refractivity contribution in [2.45, 2.75) is 25.3 Å². The van der Waals surface area contributed by atoms with Crippen LogP contribution in [0.3, 0.4) is 0 Å². The van der Waals surface area contributed by atoms with E-state index in [0.29, 0.717) is 28.6 Å². The highest BCUT2D eigenvalue weighted by atomic mass is 32.2. The molecule has 0 aliphatic heterocycles. The molecule has 0 aliphatic rings. The van der Waals surface area contributed by atoms with Gasteiger partial charge in [0.25, 0.3) is 10.0 Å². The summed E-state index contributed by atoms with van der Waals surface area (Å²) in [6, 6.07) is 15.1. The number of ether oxygens (including phenoxy) is 4. The smallest absolute Gasteiger partial charge is 0.264 e. The van der Waals surface area contributed by atoms with Crippen molar-refractivity contribution in [3.8, 4) is 23.0 Å². The van der Waals surface area contributed by atoms with Crippen molar-refractivity contribution < 1.29 is 32.2 Å². The van der Waals surface area contributed by atoms with E-state index in [0.717, 1.165) is 15.4 Å². The number of hydrogen-bond donors (Lipinski definition) is 1. The van der Waals surface area contributed by atoms with Gasteiger partial charge in [0.1, 0.15) is 12.3 Å². The van der Waals surface area contributed by atoms with Crippen molar-refractivity contribution in [2.75, 3.05) is 39.3 Å². The average Bonchev–Trinajstić information content (AvgIpc) is 2.89. The predicted molar refractivity (Wildman–Crippen MR) is 141 cm³/mol. The lowest BCUT2D eigenvalue weighted by molar-refractivity contribution is -0.119. The number of benzene rings is 3. The number of methoxy groups -OCH3 is 4. The first-order valence-electron chi connectivity index (χ1n) is 11.4. The molecule has 198 valence electrons. The minimum absolute atomic E-state index is 0.0686. The number of sulfonamides is 1. The largest absolute Gasteiger partial charge is 0.495 e. The quantitative estimate of drug-likeness (QED) is 0.403. The summed E-state index contributed by atoms with van der Waals surface area (Å²) in [5.41, 5.74) is 2.69. The molecule has 0 radical (unpaired) electrons. The molecular weight excluding hydrogens is 496 g/mol. The Balaban J connectivity index is 1.93. The summed E-state index contributed by atoms with van der Waals surface area (Å²) in [4.78, 5) is 13.2. The van der Waals surface area contributed by atoms with Crippen LogP contribution in [0.2, 0.25) is 0 Å². The second-order valence-electron chi connectivity index (χ2n) is 8.31. The first-order chi connectivity index (χ1) is 17.6. The summed E-state index contributed by atoms with van der Waals surface area (Å²) in [6.07, 6.45) is 0. The van der Waals surface area contributed by atoms with Crippen molar-refractivity contribution in [3.63, 3.8) is 0 Å². The monoisotopic (exact) mass is 528 g/mol. The third-order valence-electron chi connectivity index (χ3n) is 5.71. The standard InChI is InChI=1S/C27H32N2O7S/c1-18-7-10-21(11-8-18)37(31,32)29(22-13-19(2)9-12-23(22)33-3)17-26(30)28-16-20-14-24(34-4)27(36-6)25(15-20)35-5/h7-15H,16-17H2,1-6H3,(H,28,30). The Morgan fingerprint density at radius 1 is 0.784 bits per heavy atom. The highest BCUT2D eigenvalue weighted by Gasteiger charge is 2.29. The zero-order valence-electron chi connectivity index (χ0n) is 21.8. The number of hydrogen-bond acceptors (Lipinski definition) is 7. The second kappa shape index (κ2) is 11.9. The zero-order valence-corrected chi connectivity index (χ0v) is 22.6. The average molecular weight is 529 g/mol. The number of aryl methyl sites for hydroxylation is 2. The van der Waals surface area contributed by atoms with Crippen LogP contribution in [-0.2, 0) is 21.4 Å². The van der Waals surface area contributed by atoms with Crippen molar-refractivity contribution in [1.29, 1.82) is 0 Å². The van der Waals surface area contributed by atoms with E-state index in [4.69, 9.17) is 18.9 Å². The van der Waals surface area contributed by atoms with E-state index < -0.39 is 22.5 Å². The van der Waals surface area contributed by atoms with Gasteiger partial charge in [-0.05, 0) is 61.4 Å². The molecule has 0 spiro atoms. The Morgan fingerprint density at radius 2 is 1.35 bits per heavy atom. The topological polar surface area (TPSA) is 103 Å². The van der Waals surface area contributed by atoms with Gasteiger partial charge < -0.3 is 24.3 Å². The molecule has 3 aromatic carbocycles. The number of amides is 1. The van der Waals surface area contributed by atoms with Gasteiger partial charge in [0.15, 0.2) is 11.5 Å². The molecule has 9 nitrogen and oxygen atoms in total. The van der Waals surface area contributed by atoms with Crippen molar-refractivity contribution >= 4 is 21.6 Å². The summed E-state index contributed by atoms with van der Waals surface area (Å²) in [5.74, 6) is 1.15. The van der Waals surface area contributed by atoms with Gasteiger partial charge in [0.2, 0.25) is 11.7 Å². The van der Waals surface area contributed by atoms with Crippen LogP contribution >= 0.6 is 0 Å². The van der Waals surface area contributed by atoms with Crippen LogP contribution in [0.25, 0.3) is 0 Å². The Morgan fingerprint density at radius 3 is 1.89 bits per heavy atom. The van der Waals surface area contributed by atoms with Crippen LogP contribution in [0.1, 0.15) is 16.7 Å². The van der Waals surface area contributed by atoms with E-state index >= 15 is 0 Å². The second-order valence-corrected chi connectivity index (χ2v) is 10.2. The molecule has 0 fully saturated rings. The Hall–Kier alpha value is -3.92. The minimum Gasteiger partial charge on any atom is -0.495 e. The number of carbonyl (C=O) groups excluding carboxylic acids is 1. The molecule has 3 rings (SSSR count). The number of rotatable bonds is 11. The van der Waals surface area contributed by atoms with E-state index in [1.54, 1.807) is 36.4 Å². The Kier molecular flexibility index (Phi) is 8.88. The van der Waals surface area contributed by atoms with Gasteiger partial charge in [-0.2, -0.15) is 0 Å². The molecule has 0 bridgehead atoms. The highest BCUT2D eigenvalue weighted by Crippen LogP contribution is 2.38. The highest BCUT2D eigenvalue weighted by molar-refractivity contribution is 7.92. The normalized spacial score (nSPS) is 11.0. The molecule has 0 atom stereocenters. The lowest BCUT2D eigenvalue weighted by atomic mass is 10.1. The molecule has 0 unspecified atom stereocenters. The van der Waals surface area contributed by atoms with Crippen LogP contribution in [0, 0.1) is 13.8 Å². The van der Waals surface area contributed by atoms with Gasteiger partial charge in [-0.25, -0.2) is 8.42 Å². The van der Waals surface area contributed by atoms with E-state index in [1.165, 1.54) is 40.6 Å². The van der Waals surface area contributed by atoms with Crippen LogP contribution in [0.4, 0.5) is 5.69 Å². The first kappa shape index (κ1) is 27.7. The van der Waals surface area contributed by atoms with Gasteiger partial charge in [-0.15, -0.1) is 0 Å². The minimum atomic E-state index is -4.09. The molecular formula is C27H32N2O7S. The van der Waals surface area contributed by atoms with E-state index in [9.17, 15) is 13.2 Å². The lowest BCUT2D eigenvalue weighted by Crippen LogP contribution is -2.41. The van der Waals surface area contributed by atoms with Crippen molar-refractivity contribution in [3.05, 3.63) is 71.3 Å². The summed E-state index contributed by atoms with van der Waals surface area (Å²) < 4.78 is 50.0. The third-order valence-corrected chi connectivity index (χ3v) is 7.49. The first-order valence-corrected chi connectivity index (χ1v) is 12.9. The maximum absolute atomic E-state index is 13.7. The third kappa shape index (κ3) is 6.26. The van der Waals surface area contributed by atoms with Gasteiger partial charge in [-0.1, -0.05) is 23.8 Å². The molecule has 1 N–H and O–H groups in total. The number of nitrogens with one attached hydrogen (secondary N) is 1. The summed E-state index contributed by atoms with van der Waals surface area (Å²) in [7, 11) is 1.87. The molecule has 0 saturated carbocycles. The molecule has 1 amide bonds. The lowest BCUT2D eigenvalue weighted by Gasteiger charge is -2.26. The summed E-state index contributed by atoms with van der Waals surface area (Å²) >= 11 is 0. The number of anilines is 1. The van der Waals surface area contributed by atoms with Gasteiger partial charge in [0.05, 0.1) is 39.0 Å². The van der Waals surface area contributed by atoms with Gasteiger partial charge >= 0.3 is 0 Å². The molecule has 0 aliphatic carbocycles. The summed E-state index contributed by atoms with van der Waals surface area (Å²) in [6.45, 7) is 3.36. The fourth-order valence-electron chi connectivity index (χ4n) is 3.76. The van der Waals surface area contributed by atoms with E-state index in [2.05, 4.69) is 5.32 Å². The predicted octanol–water partition coefficient (Wildman–Crippen LogP) is 3.85. The molecule has 10 heteroatoms. The molecule has 0 heterocycles. The fraction of sp³-hybridized carbons (Fsp3) is 0.296. The molecule has 3 aromatic rings. The van der Waals surface area contributed by atoms with Gasteiger partial charge in [-0.3, -0.25) is 9.10 Å². The summed E-state index contributed by atoms with van der Waals surface area (Å²) in [5, 5.41) is 2.79. The zero-order chi connectivity index (χ0) is 27.2. The van der Waals surface area contributed by atoms with Crippen LogP contribution in [0.15, 0.2) is 59.5 Å². The number of nitrogens with zero attached hydrogens (tertiary/aromatic N) is 1. The van der Waals surface area contributed by atoms with Crippen LogP contribution < -0.4 is 28.6 Å². The Bertz CT molecular complexity index is 1330. The van der Waals surface area contributed by atoms with Crippen molar-refractivity contribution in [2.24, 2.45) is 0 Å². The SMILES string of the molecule is COc1ccc(C)cc1N(CC(=O)NCc1cc(OC)c(OC)c(OC)c1)S(=O)(=O)c1ccc(C)cc1. The van der Waals surface area contributed by atoms with Crippen molar-refractivity contribution in [1.82, 2.24) is 5.32 Å². The number of carbonyl (C=O) groups is 1. The van der Waals surface area contributed by atoms with E-state index in [-0.39, 0.29) is 17.1 Å². The fourth-order valence-corrected chi connectivity index (χ4v) is 5.18. The Labute approximate surface area is 218 Å². The maximum Gasteiger partial charge on any atom is 0.264 e. The molecule has 0 saturated heterocycles. The molecule has 37 heavy (non-hydrogen) atoms. The van der Waals surface area contributed by atoms with Crippen LogP contribution in [-0.4, -0.2) is 49.3 Å². The van der Waals surface area contributed by atoms with E-state index in [1.807, 2.05) is 19.9 Å². The van der Waals surface area contributed by atoms with Gasteiger partial charge in [0, 0.05) is 6.54 Å². The molecule has 0 aromatic heterocycles.